The molecule has 0 N–H and O–H groups in total. The molecule has 0 bridgehead atoms. The summed E-state index contributed by atoms with van der Waals surface area (Å²) in [5.74, 6) is -0.336. The van der Waals surface area contributed by atoms with E-state index in [4.69, 9.17) is 14.2 Å². The van der Waals surface area contributed by atoms with Crippen molar-refractivity contribution in [3.63, 3.8) is 0 Å². The van der Waals surface area contributed by atoms with Gasteiger partial charge in [0.05, 0.1) is 4.92 Å². The van der Waals surface area contributed by atoms with Crippen LogP contribution in [0.1, 0.15) is 78.1 Å². The monoisotopic (exact) mass is 409 g/mol. The van der Waals surface area contributed by atoms with Crippen LogP contribution in [0, 0.1) is 10.1 Å². The first-order chi connectivity index (χ1) is 13.9. The summed E-state index contributed by atoms with van der Waals surface area (Å²) >= 11 is 0. The molecule has 1 rings (SSSR count). The minimum Gasteiger partial charge on any atom is -0.425 e. The molecule has 162 valence electrons. The predicted octanol–water partition coefficient (Wildman–Crippen LogP) is 5.92. The second kappa shape index (κ2) is 14.4. The third-order valence-corrected chi connectivity index (χ3v) is 4.29. The Labute approximate surface area is 171 Å². The summed E-state index contributed by atoms with van der Waals surface area (Å²) in [7, 11) is 0. The van der Waals surface area contributed by atoms with E-state index in [2.05, 4.69) is 6.92 Å². The maximum Gasteiger partial charge on any atom is 0.516 e. The van der Waals surface area contributed by atoms with Crippen molar-refractivity contribution in [2.75, 3.05) is 0 Å². The summed E-state index contributed by atoms with van der Waals surface area (Å²) in [4.78, 5) is 33.5. The Morgan fingerprint density at radius 3 is 2.03 bits per heavy atom. The minimum absolute atomic E-state index is 0.0915. The van der Waals surface area contributed by atoms with Crippen molar-refractivity contribution < 1.29 is 28.7 Å². The summed E-state index contributed by atoms with van der Waals surface area (Å²) in [6, 6.07) is 4.97. The number of carbonyl (C=O) groups excluding carboxylic acids is 2. The van der Waals surface area contributed by atoms with Gasteiger partial charge in [0.2, 0.25) is 6.29 Å². The zero-order valence-electron chi connectivity index (χ0n) is 17.3. The molecule has 0 aliphatic carbocycles. The van der Waals surface area contributed by atoms with Crippen molar-refractivity contribution in [3.8, 4) is 5.75 Å². The van der Waals surface area contributed by atoms with Crippen molar-refractivity contribution in [1.82, 2.24) is 0 Å². The second-order valence-corrected chi connectivity index (χ2v) is 6.86. The predicted molar refractivity (Wildman–Crippen MR) is 108 cm³/mol. The highest BCUT2D eigenvalue weighted by Crippen LogP contribution is 2.18. The Kier molecular flexibility index (Phi) is 12.1. The van der Waals surface area contributed by atoms with Gasteiger partial charge >= 0.3 is 12.1 Å². The van der Waals surface area contributed by atoms with E-state index < -0.39 is 23.3 Å². The first kappa shape index (κ1) is 24.4. The van der Waals surface area contributed by atoms with Gasteiger partial charge in [0.1, 0.15) is 5.75 Å². The molecule has 1 atom stereocenters. The Morgan fingerprint density at radius 2 is 1.48 bits per heavy atom. The largest absolute Gasteiger partial charge is 0.516 e. The van der Waals surface area contributed by atoms with Gasteiger partial charge in [0.15, 0.2) is 0 Å². The number of nitro benzene ring substituents is 1. The van der Waals surface area contributed by atoms with Crippen LogP contribution in [-0.2, 0) is 14.3 Å². The average molecular weight is 409 g/mol. The molecule has 0 amide bonds. The molecule has 1 aromatic rings. The fourth-order valence-electron chi connectivity index (χ4n) is 2.74. The molecule has 0 aliphatic rings. The van der Waals surface area contributed by atoms with Crippen molar-refractivity contribution in [2.24, 2.45) is 0 Å². The van der Waals surface area contributed by atoms with E-state index in [0.717, 1.165) is 19.3 Å². The lowest BCUT2D eigenvalue weighted by Gasteiger charge is -2.13. The maximum atomic E-state index is 11.8. The number of benzene rings is 1. The molecule has 0 fully saturated rings. The van der Waals surface area contributed by atoms with Gasteiger partial charge in [-0.15, -0.1) is 0 Å². The molecule has 0 radical (unpaired) electrons. The zero-order valence-corrected chi connectivity index (χ0v) is 17.3. The van der Waals surface area contributed by atoms with Crippen molar-refractivity contribution >= 4 is 17.8 Å². The third-order valence-electron chi connectivity index (χ3n) is 4.29. The van der Waals surface area contributed by atoms with Gasteiger partial charge in [0, 0.05) is 25.5 Å². The Balaban J connectivity index is 2.13. The number of esters is 1. The van der Waals surface area contributed by atoms with E-state index in [9.17, 15) is 19.7 Å². The number of carbonyl (C=O) groups is 2. The van der Waals surface area contributed by atoms with Gasteiger partial charge < -0.3 is 14.2 Å². The van der Waals surface area contributed by atoms with E-state index in [1.807, 2.05) is 0 Å². The van der Waals surface area contributed by atoms with Crippen molar-refractivity contribution in [3.05, 3.63) is 34.4 Å². The van der Waals surface area contributed by atoms with Crippen LogP contribution in [0.15, 0.2) is 24.3 Å². The number of nitro groups is 1. The second-order valence-electron chi connectivity index (χ2n) is 6.86. The van der Waals surface area contributed by atoms with Crippen molar-refractivity contribution in [2.45, 2.75) is 84.3 Å². The highest BCUT2D eigenvalue weighted by atomic mass is 16.8. The molecule has 0 spiro atoms. The average Bonchev–Trinajstić information content (AvgIpc) is 2.66. The summed E-state index contributed by atoms with van der Waals surface area (Å²) in [6.07, 6.45) is 8.52. The molecular formula is C21H31NO7. The van der Waals surface area contributed by atoms with Gasteiger partial charge in [-0.2, -0.15) is 0 Å². The molecule has 8 nitrogen and oxygen atoms in total. The first-order valence-electron chi connectivity index (χ1n) is 10.2. The number of rotatable bonds is 14. The van der Waals surface area contributed by atoms with E-state index in [1.54, 1.807) is 0 Å². The van der Waals surface area contributed by atoms with Crippen LogP contribution >= 0.6 is 0 Å². The normalized spacial score (nSPS) is 11.5. The van der Waals surface area contributed by atoms with E-state index >= 15 is 0 Å². The lowest BCUT2D eigenvalue weighted by atomic mass is 10.1. The Hall–Kier alpha value is -2.64. The van der Waals surface area contributed by atoms with E-state index in [0.29, 0.717) is 0 Å². The molecule has 0 saturated heterocycles. The fraction of sp³-hybridized carbons (Fsp3) is 0.619. The zero-order chi connectivity index (χ0) is 21.5. The topological polar surface area (TPSA) is 105 Å². The minimum atomic E-state index is -1.08. The Morgan fingerprint density at radius 1 is 0.931 bits per heavy atom. The number of non-ortho nitro benzene ring substituents is 1. The Bertz CT molecular complexity index is 630. The molecular weight excluding hydrogens is 378 g/mol. The van der Waals surface area contributed by atoms with Gasteiger partial charge in [-0.3, -0.25) is 14.9 Å². The van der Waals surface area contributed by atoms with Gasteiger partial charge in [0.25, 0.3) is 5.69 Å². The summed E-state index contributed by atoms with van der Waals surface area (Å²) < 4.78 is 14.8. The number of ether oxygens (including phenoxy) is 3. The van der Waals surface area contributed by atoms with E-state index in [1.165, 1.54) is 69.7 Å². The number of unbranched alkanes of at least 4 members (excludes halogenated alkanes) is 8. The highest BCUT2D eigenvalue weighted by molar-refractivity contribution is 5.70. The molecule has 1 aromatic carbocycles. The SMILES string of the molecule is CCCCCCCCCCCC(=O)OC(C)OC(=O)Oc1ccc([N+](=O)[O-])cc1. The highest BCUT2D eigenvalue weighted by Gasteiger charge is 2.16. The van der Waals surface area contributed by atoms with Crippen LogP contribution in [0.2, 0.25) is 0 Å². The van der Waals surface area contributed by atoms with Crippen molar-refractivity contribution in [1.29, 1.82) is 0 Å². The molecule has 29 heavy (non-hydrogen) atoms. The molecule has 1 unspecified atom stereocenters. The lowest BCUT2D eigenvalue weighted by molar-refractivity contribution is -0.384. The molecule has 0 aromatic heterocycles. The van der Waals surface area contributed by atoms with Crippen LogP contribution in [0.3, 0.4) is 0 Å². The molecule has 0 heterocycles. The van der Waals surface area contributed by atoms with Crippen LogP contribution in [0.25, 0.3) is 0 Å². The quantitative estimate of drug-likeness (QED) is 0.0937. The third kappa shape index (κ3) is 11.7. The molecule has 0 saturated carbocycles. The fourth-order valence-corrected chi connectivity index (χ4v) is 2.74. The maximum absolute atomic E-state index is 11.8. The first-order valence-corrected chi connectivity index (χ1v) is 10.2. The standard InChI is InChI=1S/C21H31NO7/c1-3-4-5-6-7-8-9-10-11-12-20(23)27-17(2)28-21(24)29-19-15-13-18(14-16-19)22(25)26/h13-17H,3-12H2,1-2H3. The van der Waals surface area contributed by atoms with Gasteiger partial charge in [-0.25, -0.2) is 4.79 Å². The van der Waals surface area contributed by atoms with Crippen LogP contribution < -0.4 is 4.74 Å². The van der Waals surface area contributed by atoms with E-state index in [-0.39, 0.29) is 17.9 Å². The smallest absolute Gasteiger partial charge is 0.425 e. The molecule has 8 heteroatoms. The summed E-state index contributed by atoms with van der Waals surface area (Å²) in [6.45, 7) is 3.62. The lowest BCUT2D eigenvalue weighted by Crippen LogP contribution is -2.23. The summed E-state index contributed by atoms with van der Waals surface area (Å²) in [5.41, 5.74) is -0.121. The van der Waals surface area contributed by atoms with Gasteiger partial charge in [-0.05, 0) is 18.6 Å². The number of hydrogen-bond donors (Lipinski definition) is 0. The van der Waals surface area contributed by atoms with Crippen LogP contribution in [0.4, 0.5) is 10.5 Å². The van der Waals surface area contributed by atoms with Crippen LogP contribution in [-0.4, -0.2) is 23.3 Å². The van der Waals surface area contributed by atoms with Gasteiger partial charge in [-0.1, -0.05) is 58.3 Å². The number of nitrogens with zero attached hydrogens (tertiary/aromatic N) is 1. The summed E-state index contributed by atoms with van der Waals surface area (Å²) in [5, 5.41) is 10.6. The van der Waals surface area contributed by atoms with Crippen LogP contribution in [0.5, 0.6) is 5.75 Å². The number of hydrogen-bond acceptors (Lipinski definition) is 7. The molecule has 0 aliphatic heterocycles.